The van der Waals surface area contributed by atoms with Crippen molar-refractivity contribution < 1.29 is 76.9 Å². The molecule has 4 aliphatic rings. The van der Waals surface area contributed by atoms with Gasteiger partial charge in [0.25, 0.3) is 0 Å². The number of para-hydroxylation sites is 6. The normalized spacial score (nSPS) is 13.1. The Labute approximate surface area is 831 Å². The van der Waals surface area contributed by atoms with Crippen molar-refractivity contribution in [3.63, 3.8) is 0 Å². The molecule has 0 aliphatic carbocycles. The van der Waals surface area contributed by atoms with Gasteiger partial charge in [-0.15, -0.1) is 0 Å². The molecule has 0 spiro atoms. The van der Waals surface area contributed by atoms with Crippen LogP contribution in [0.1, 0.15) is 48.5 Å². The molecule has 0 saturated carbocycles. The molecule has 4 heterocycles. The van der Waals surface area contributed by atoms with Crippen molar-refractivity contribution in [1.82, 2.24) is 19.8 Å². The van der Waals surface area contributed by atoms with Gasteiger partial charge < -0.3 is 82.7 Å². The number of carbonyl (C=O) groups is 2. The number of halogens is 9. The molecule has 0 unspecified atom stereocenters. The summed E-state index contributed by atoms with van der Waals surface area (Å²) in [6, 6.07) is 96.4. The first-order chi connectivity index (χ1) is 63.5. The molecule has 31 heteroatoms. The third-order valence-electron chi connectivity index (χ3n) is 19.5. The number of aliphatic hydroxyl groups is 2. The minimum Gasteiger partial charge on any atom is -0.457 e. The molecule has 13 aromatic rings. The smallest absolute Gasteiger partial charge is 0.376 e. The maximum Gasteiger partial charge on any atom is 0.376 e. The molecule has 4 fully saturated rings. The van der Waals surface area contributed by atoms with Crippen LogP contribution in [0.5, 0.6) is 69.0 Å². The van der Waals surface area contributed by atoms with Gasteiger partial charge in [0.1, 0.15) is 74.8 Å². The number of alkyl halides is 1. The molecule has 20 nitrogen and oxygen atoms in total. The van der Waals surface area contributed by atoms with E-state index in [1.807, 2.05) is 278 Å². The highest BCUT2D eigenvalue weighted by molar-refractivity contribution is 9.11. The lowest BCUT2D eigenvalue weighted by atomic mass is 9.81. The zero-order chi connectivity index (χ0) is 93.2. The first-order valence-corrected chi connectivity index (χ1v) is 48.0. The largest absolute Gasteiger partial charge is 0.457 e. The molecule has 0 bridgehead atoms. The number of ether oxygens (including phenoxy) is 9. The molecule has 0 radical (unpaired) electrons. The predicted molar refractivity (Wildman–Crippen MR) is 540 cm³/mol. The Balaban J connectivity index is 0.000000158. The standard InChI is InChI=1S/C17H19BBrNO3.C17H15BrN2O2.C16H16BrNO2.C13H10Br2O.C13H11BrO2.C13H9BrO2.C7H4BrFO.C4H10BNO2/c1-18(21)20-10-16(11-20)22-12-13-7-8-15(9-17(13)19)23-14-5-3-2-4-6-14;18-17-8-15(22-14-4-2-1-3-5-14)7-6-13(17)11-21-16-9-20(10-16)12-19;17-16-8-14(20-13-4-2-1-3-5-13)7-6-12(16)11-19-15-9-18-10-15;14-9-10-6-7-12(8-13(10)15)16-11-4-2-1-3-5-11;2*14-13-8-12(7-6-10(13)9-15)16-11-4-2-1-3-5-11;8-7-3-6(9)2-1-5(7)4-10;1-5(8)6-2-4(7)3-6/h2-9,16,21H,10-12H2,1H3;1-8,16H,9-11H2;1-8,15,18H,9-11H2;1-8H,9H2;1-8,15H,9H2;1-9H;1-4H;4,7-8H,2-3H2,1H3. The highest BCUT2D eigenvalue weighted by Gasteiger charge is 2.33. The Bertz CT molecular complexity index is 5600. The monoisotopic (exact) mass is 2280 g/mol. The van der Waals surface area contributed by atoms with E-state index in [0.717, 1.165) is 150 Å². The SMILES string of the molecule is BrCc1ccc(Oc2ccccc2)cc1Br.Brc1cc(Oc2ccccc2)ccc1COC1CNC1.CB(O)N1CC(O)C1.CB(O)N1CC(OCc2ccc(Oc3ccccc3)cc2Br)C1.N#CN1CC(OCc2ccc(Oc3ccccc3)cc2Br)C1.O=Cc1ccc(F)cc1Br.O=Cc1ccc(Oc2ccccc2)cc1Br.OCc1ccc(Oc2ccccc2)cc1Br. The van der Waals surface area contributed by atoms with Crippen LogP contribution < -0.4 is 33.7 Å². The Morgan fingerprint density at radius 1 is 0.374 bits per heavy atom. The van der Waals surface area contributed by atoms with Crippen LogP contribution in [0.3, 0.4) is 0 Å². The number of hydrogen-bond acceptors (Lipinski definition) is 20. The zero-order valence-corrected chi connectivity index (χ0v) is 83.9. The van der Waals surface area contributed by atoms with Gasteiger partial charge in [0, 0.05) is 87.0 Å². The second-order valence-corrected chi connectivity index (χ2v) is 36.0. The number of nitriles is 1. The van der Waals surface area contributed by atoms with Gasteiger partial charge in [-0.3, -0.25) is 9.59 Å². The summed E-state index contributed by atoms with van der Waals surface area (Å²) in [6.07, 6.45) is 4.05. The molecule has 17 rings (SSSR count). The van der Waals surface area contributed by atoms with Crippen LogP contribution in [0.4, 0.5) is 4.39 Å². The number of benzene rings is 13. The number of aldehydes is 2. The summed E-state index contributed by atoms with van der Waals surface area (Å²) in [4.78, 5) is 26.3. The van der Waals surface area contributed by atoms with E-state index in [-0.39, 0.29) is 30.7 Å². The van der Waals surface area contributed by atoms with Gasteiger partial charge >= 0.3 is 14.1 Å². The lowest BCUT2D eigenvalue weighted by Crippen LogP contribution is -2.57. The summed E-state index contributed by atoms with van der Waals surface area (Å²) in [7, 11) is -0.783. The van der Waals surface area contributed by atoms with Crippen LogP contribution in [0.2, 0.25) is 13.6 Å². The van der Waals surface area contributed by atoms with Gasteiger partial charge in [0.05, 0.1) is 63.9 Å². The van der Waals surface area contributed by atoms with E-state index < -0.39 is 14.1 Å². The minimum atomic E-state index is -0.393. The van der Waals surface area contributed by atoms with E-state index in [2.05, 4.69) is 139 Å². The van der Waals surface area contributed by atoms with E-state index in [4.69, 9.17) is 63.1 Å². The van der Waals surface area contributed by atoms with Crippen molar-refractivity contribution in [3.05, 3.63) is 385 Å². The van der Waals surface area contributed by atoms with Gasteiger partial charge in [-0.25, -0.2) is 4.39 Å². The topological polar surface area (TPSA) is 244 Å². The molecule has 4 aliphatic heterocycles. The molecule has 13 aromatic carbocycles. The van der Waals surface area contributed by atoms with Crippen LogP contribution in [0, 0.1) is 17.3 Å². The van der Waals surface area contributed by atoms with E-state index in [1.54, 1.807) is 41.6 Å². The van der Waals surface area contributed by atoms with Gasteiger partial charge in [0.15, 0.2) is 18.8 Å². The zero-order valence-electron chi connectivity index (χ0n) is 71.2. The first kappa shape index (κ1) is 104. The van der Waals surface area contributed by atoms with Crippen molar-refractivity contribution >= 4 is 154 Å². The fraction of sp³-hybridized carbons (Fsp3) is 0.190. The Morgan fingerprint density at radius 3 is 0.901 bits per heavy atom. The molecule has 131 heavy (non-hydrogen) atoms. The molecule has 5 N–H and O–H groups in total. The maximum absolute atomic E-state index is 12.3. The lowest BCUT2D eigenvalue weighted by molar-refractivity contribution is -0.0402. The van der Waals surface area contributed by atoms with Crippen LogP contribution in [-0.2, 0) is 46.0 Å². The summed E-state index contributed by atoms with van der Waals surface area (Å²) in [6.45, 7) is 11.3. The highest BCUT2D eigenvalue weighted by Crippen LogP contribution is 2.35. The van der Waals surface area contributed by atoms with E-state index in [9.17, 15) is 19.0 Å². The number of nitrogens with zero attached hydrogens (tertiary/aromatic N) is 4. The van der Waals surface area contributed by atoms with Gasteiger partial charge in [-0.1, -0.05) is 235 Å². The Hall–Kier alpha value is -9.21. The second kappa shape index (κ2) is 56.1. The van der Waals surface area contributed by atoms with E-state index >= 15 is 0 Å². The minimum absolute atomic E-state index is 0.0200. The summed E-state index contributed by atoms with van der Waals surface area (Å²) in [5.41, 5.74) is 6.41. The highest BCUT2D eigenvalue weighted by atomic mass is 79.9. The van der Waals surface area contributed by atoms with E-state index in [0.29, 0.717) is 79.7 Å². The maximum atomic E-state index is 12.3. The van der Waals surface area contributed by atoms with Crippen LogP contribution in [-0.4, -0.2) is 138 Å². The fourth-order valence-electron chi connectivity index (χ4n) is 11.9. The lowest BCUT2D eigenvalue weighted by Gasteiger charge is -2.39. The third-order valence-corrected chi connectivity index (χ3v) is 25.1. The Kier molecular flexibility index (Phi) is 44.5. The molecule has 0 atom stereocenters. The second-order valence-electron chi connectivity index (χ2n) is 29.4. The molecule has 678 valence electrons. The van der Waals surface area contributed by atoms with Crippen molar-refractivity contribution in [2.75, 3.05) is 52.4 Å². The predicted octanol–water partition coefficient (Wildman–Crippen LogP) is 25.3. The van der Waals surface area contributed by atoms with Crippen molar-refractivity contribution in [2.45, 2.75) is 69.8 Å². The first-order valence-electron chi connectivity index (χ1n) is 41.3. The quantitative estimate of drug-likeness (QED) is 0.0139. The molecular weight excluding hydrogens is 2190 g/mol. The number of carbonyl (C=O) groups excluding carboxylic acids is 2. The van der Waals surface area contributed by atoms with Gasteiger partial charge in [-0.05, 0) is 243 Å². The Morgan fingerprint density at radius 2 is 0.649 bits per heavy atom. The van der Waals surface area contributed by atoms with E-state index in [1.165, 1.54) is 23.8 Å². The number of β-amino-alcohol motifs (C(OH)–C–C–N with tert-alkyl or cyclic N) is 1. The summed E-state index contributed by atoms with van der Waals surface area (Å²) < 4.78 is 70.2. The van der Waals surface area contributed by atoms with Crippen LogP contribution >= 0.6 is 127 Å². The van der Waals surface area contributed by atoms with Crippen molar-refractivity contribution in [3.8, 4) is 75.2 Å². The molecule has 0 aromatic heterocycles. The van der Waals surface area contributed by atoms with Crippen molar-refractivity contribution in [1.29, 1.82) is 5.26 Å². The van der Waals surface area contributed by atoms with Gasteiger partial charge in [-0.2, -0.15) is 5.26 Å². The van der Waals surface area contributed by atoms with Crippen molar-refractivity contribution in [2.24, 2.45) is 0 Å². The van der Waals surface area contributed by atoms with Gasteiger partial charge in [0.2, 0.25) is 0 Å². The number of nitrogens with one attached hydrogen (secondary N) is 1. The third kappa shape index (κ3) is 36.3. The summed E-state index contributed by atoms with van der Waals surface area (Å²) in [5.74, 6) is 9.19. The summed E-state index contributed by atoms with van der Waals surface area (Å²) in [5, 5.41) is 48.7. The number of hydrogen-bond donors (Lipinski definition) is 5. The fourth-order valence-corrected chi connectivity index (χ4v) is 16.0. The molecule has 4 saturated heterocycles. The number of aliphatic hydroxyl groups excluding tert-OH is 2. The average molecular weight is 2290 g/mol. The summed E-state index contributed by atoms with van der Waals surface area (Å²) >= 11 is 27.4. The van der Waals surface area contributed by atoms with Crippen LogP contribution in [0.25, 0.3) is 0 Å². The number of rotatable bonds is 27. The molecular formula is C100H94B2Br8FN5O15. The number of likely N-dealkylation sites (tertiary alicyclic amines) is 1. The molecule has 0 amide bonds. The van der Waals surface area contributed by atoms with Crippen LogP contribution in [0.15, 0.2) is 341 Å². The average Bonchev–Trinajstić information content (AvgIpc) is 0.835.